The molecule has 3 aromatic rings. The van der Waals surface area contributed by atoms with Gasteiger partial charge in [0.15, 0.2) is 5.82 Å². The molecule has 4 bridgehead atoms. The van der Waals surface area contributed by atoms with Crippen LogP contribution in [-0.2, 0) is 23.5 Å². The number of rotatable bonds is 1. The maximum atomic E-state index is 13.6. The molecule has 0 spiro atoms. The second-order valence-corrected chi connectivity index (χ2v) is 9.50. The van der Waals surface area contributed by atoms with Crippen molar-refractivity contribution in [1.82, 2.24) is 19.9 Å². The molecule has 0 aliphatic carbocycles. The lowest BCUT2D eigenvalue weighted by atomic mass is 10.0. The van der Waals surface area contributed by atoms with Gasteiger partial charge < -0.3 is 15.4 Å². The van der Waals surface area contributed by atoms with Crippen LogP contribution in [0.2, 0.25) is 0 Å². The predicted molar refractivity (Wildman–Crippen MR) is 129 cm³/mol. The van der Waals surface area contributed by atoms with E-state index in [1.165, 1.54) is 12.1 Å². The molecule has 13 heteroatoms. The average molecular weight is 541 g/mol. The first-order chi connectivity index (χ1) is 17.8. The smallest absolute Gasteiger partial charge is 0.376 e. The number of fused-ring (bicyclic) bond motifs is 4. The molecule has 0 amide bonds. The van der Waals surface area contributed by atoms with Gasteiger partial charge in [0, 0.05) is 18.8 Å². The summed E-state index contributed by atoms with van der Waals surface area (Å²) in [6.07, 6.45) is -7.02. The summed E-state index contributed by atoms with van der Waals surface area (Å²) >= 11 is 0. The first-order valence-electron chi connectivity index (χ1n) is 12.0. The normalized spacial score (nSPS) is 16.8. The van der Waals surface area contributed by atoms with Crippen molar-refractivity contribution >= 4 is 17.6 Å². The van der Waals surface area contributed by atoms with Gasteiger partial charge in [0.05, 0.1) is 11.2 Å². The molecule has 2 N–H and O–H groups in total. The number of aromatic nitrogens is 4. The summed E-state index contributed by atoms with van der Waals surface area (Å²) < 4.78 is 86.5. The summed E-state index contributed by atoms with van der Waals surface area (Å²) in [5.74, 6) is -0.309. The van der Waals surface area contributed by atoms with Crippen LogP contribution in [0.1, 0.15) is 49.9 Å². The zero-order chi connectivity index (χ0) is 27.6. The van der Waals surface area contributed by atoms with Gasteiger partial charge in [-0.3, -0.25) is 0 Å². The van der Waals surface area contributed by atoms with Gasteiger partial charge in [-0.05, 0) is 75.4 Å². The van der Waals surface area contributed by atoms with Crippen molar-refractivity contribution in [3.8, 4) is 11.5 Å². The summed E-state index contributed by atoms with van der Waals surface area (Å²) in [6.45, 7) is 4.63. The largest absolute Gasteiger partial charge is 0.433 e. The van der Waals surface area contributed by atoms with Gasteiger partial charge in [0.25, 0.3) is 0 Å². The van der Waals surface area contributed by atoms with Crippen LogP contribution in [0.5, 0.6) is 0 Å². The first kappa shape index (κ1) is 27.6. The van der Waals surface area contributed by atoms with Crippen LogP contribution in [0.25, 0.3) is 11.5 Å². The summed E-state index contributed by atoms with van der Waals surface area (Å²) in [5, 5.41) is 5.78. The fraction of sp³-hybridized carbons (Fsp3) is 0.440. The van der Waals surface area contributed by atoms with Crippen LogP contribution in [0, 0.1) is 0 Å². The third-order valence-corrected chi connectivity index (χ3v) is 5.84. The number of pyridine rings is 1. The van der Waals surface area contributed by atoms with Crippen molar-refractivity contribution in [3.63, 3.8) is 0 Å². The van der Waals surface area contributed by atoms with Gasteiger partial charge in [0.1, 0.15) is 11.4 Å². The van der Waals surface area contributed by atoms with E-state index in [2.05, 4.69) is 30.6 Å². The number of halogens is 6. The number of nitrogens with one attached hydrogen (secondary N) is 2. The molecule has 1 aliphatic rings. The predicted octanol–water partition coefficient (Wildman–Crippen LogP) is 6.65. The number of hydrogen-bond donors (Lipinski definition) is 2. The number of ether oxygens (including phenoxy) is 1. The lowest BCUT2D eigenvalue weighted by molar-refractivity contribution is -0.141. The Balaban J connectivity index is 1.78. The number of anilines is 3. The van der Waals surface area contributed by atoms with Crippen molar-refractivity contribution in [3.05, 3.63) is 53.2 Å². The van der Waals surface area contributed by atoms with Gasteiger partial charge in [-0.25, -0.2) is 4.98 Å². The summed E-state index contributed by atoms with van der Waals surface area (Å²) in [7, 11) is 0. The molecule has 204 valence electrons. The highest BCUT2D eigenvalue weighted by atomic mass is 19.4. The molecule has 7 nitrogen and oxygen atoms in total. The summed E-state index contributed by atoms with van der Waals surface area (Å²) in [4.78, 5) is 16.2. The number of benzene rings is 1. The minimum absolute atomic E-state index is 0.0202. The van der Waals surface area contributed by atoms with Crippen LogP contribution in [0.3, 0.4) is 0 Å². The van der Waals surface area contributed by atoms with Crippen LogP contribution in [0.4, 0.5) is 43.9 Å². The van der Waals surface area contributed by atoms with Gasteiger partial charge in [-0.2, -0.15) is 41.3 Å². The van der Waals surface area contributed by atoms with Crippen molar-refractivity contribution in [2.45, 2.75) is 57.5 Å². The van der Waals surface area contributed by atoms with E-state index in [1.807, 2.05) is 13.8 Å². The Labute approximate surface area is 215 Å². The molecule has 0 radical (unpaired) electrons. The van der Waals surface area contributed by atoms with Crippen molar-refractivity contribution in [2.75, 3.05) is 23.8 Å². The van der Waals surface area contributed by atoms with Gasteiger partial charge in [-0.15, -0.1) is 0 Å². The number of hydrogen-bond acceptors (Lipinski definition) is 7. The second kappa shape index (κ2) is 10.7. The molecular weight excluding hydrogens is 514 g/mol. The van der Waals surface area contributed by atoms with E-state index >= 15 is 0 Å². The molecule has 4 rings (SSSR count). The quantitative estimate of drug-likeness (QED) is 0.335. The summed E-state index contributed by atoms with van der Waals surface area (Å²) in [5.41, 5.74) is -2.11. The number of aryl methyl sites for hydroxylation is 1. The zero-order valence-corrected chi connectivity index (χ0v) is 20.7. The van der Waals surface area contributed by atoms with Crippen molar-refractivity contribution in [1.29, 1.82) is 0 Å². The van der Waals surface area contributed by atoms with E-state index in [-0.39, 0.29) is 29.1 Å². The molecule has 38 heavy (non-hydrogen) atoms. The standard InChI is InChI=1S/C25H26F6N6O/c1-23(2)9-10-32-21-35-20(18-7-5-8-19(34-18)25(29,30)31)36-22(37-21)33-17-13-15(6-3-4-11-38-23)12-16(14-17)24(26,27)28/h5,7-8,12-14H,3-4,6,9-11H2,1-2H3,(H2,32,33,35,36,37). The third-order valence-electron chi connectivity index (χ3n) is 5.84. The van der Waals surface area contributed by atoms with Gasteiger partial charge >= 0.3 is 12.4 Å². The molecular formula is C25H26F6N6O. The highest BCUT2D eigenvalue weighted by Gasteiger charge is 2.33. The minimum Gasteiger partial charge on any atom is -0.376 e. The van der Waals surface area contributed by atoms with Gasteiger partial charge in [0.2, 0.25) is 11.9 Å². The lowest BCUT2D eigenvalue weighted by Gasteiger charge is -2.25. The fourth-order valence-electron chi connectivity index (χ4n) is 3.87. The fourth-order valence-corrected chi connectivity index (χ4v) is 3.87. The molecule has 0 atom stereocenters. The van der Waals surface area contributed by atoms with Crippen LogP contribution in [0.15, 0.2) is 36.4 Å². The Hall–Kier alpha value is -3.48. The van der Waals surface area contributed by atoms with E-state index in [1.54, 1.807) is 6.07 Å². The third kappa shape index (κ3) is 7.30. The highest BCUT2D eigenvalue weighted by Crippen LogP contribution is 2.34. The average Bonchev–Trinajstić information content (AvgIpc) is 2.82. The second-order valence-electron chi connectivity index (χ2n) is 9.50. The Kier molecular flexibility index (Phi) is 7.77. The molecule has 0 fully saturated rings. The number of nitrogens with zero attached hydrogens (tertiary/aromatic N) is 4. The van der Waals surface area contributed by atoms with Gasteiger partial charge in [-0.1, -0.05) is 6.07 Å². The van der Waals surface area contributed by atoms with Crippen LogP contribution in [-0.4, -0.2) is 38.7 Å². The monoisotopic (exact) mass is 540 g/mol. The zero-order valence-electron chi connectivity index (χ0n) is 20.7. The SMILES string of the molecule is CC1(C)CCNc2nc(nc(-c3cccc(C(F)(F)F)n3)n2)Nc2cc(cc(C(F)(F)F)c2)CCCCO1. The highest BCUT2D eigenvalue weighted by molar-refractivity contribution is 5.60. The van der Waals surface area contributed by atoms with Crippen molar-refractivity contribution in [2.24, 2.45) is 0 Å². The molecule has 0 saturated carbocycles. The van der Waals surface area contributed by atoms with Crippen LogP contribution >= 0.6 is 0 Å². The summed E-state index contributed by atoms with van der Waals surface area (Å²) in [6, 6.07) is 6.88. The van der Waals surface area contributed by atoms with Crippen LogP contribution < -0.4 is 10.6 Å². The maximum Gasteiger partial charge on any atom is 0.433 e. The maximum absolute atomic E-state index is 13.6. The number of alkyl halides is 6. The Morgan fingerprint density at radius 3 is 2.37 bits per heavy atom. The van der Waals surface area contributed by atoms with E-state index in [0.29, 0.717) is 44.4 Å². The van der Waals surface area contributed by atoms with E-state index in [4.69, 9.17) is 4.74 Å². The topological polar surface area (TPSA) is 84.9 Å². The molecule has 1 aromatic carbocycles. The van der Waals surface area contributed by atoms with E-state index in [9.17, 15) is 26.3 Å². The Bertz CT molecular complexity index is 1280. The van der Waals surface area contributed by atoms with E-state index in [0.717, 1.165) is 18.2 Å². The van der Waals surface area contributed by atoms with Crippen molar-refractivity contribution < 1.29 is 31.1 Å². The lowest BCUT2D eigenvalue weighted by Crippen LogP contribution is -2.28. The van der Waals surface area contributed by atoms with E-state index < -0.39 is 29.2 Å². The molecule has 3 heterocycles. The minimum atomic E-state index is -4.68. The molecule has 2 aromatic heterocycles. The molecule has 0 unspecified atom stereocenters. The first-order valence-corrected chi connectivity index (χ1v) is 12.0. The molecule has 1 aliphatic heterocycles. The molecule has 0 saturated heterocycles. The Morgan fingerprint density at radius 1 is 0.868 bits per heavy atom. The Morgan fingerprint density at radius 2 is 1.63 bits per heavy atom.